The van der Waals surface area contributed by atoms with Crippen LogP contribution < -0.4 is 10.6 Å². The first-order valence-corrected chi connectivity index (χ1v) is 5.21. The summed E-state index contributed by atoms with van der Waals surface area (Å²) in [5.74, 6) is 0.0848. The van der Waals surface area contributed by atoms with Crippen LogP contribution in [0.3, 0.4) is 0 Å². The molecule has 0 atom stereocenters. The van der Waals surface area contributed by atoms with E-state index < -0.39 is 0 Å². The van der Waals surface area contributed by atoms with Gasteiger partial charge in [-0.15, -0.1) is 24.8 Å². The van der Waals surface area contributed by atoms with Gasteiger partial charge in [0.05, 0.1) is 0 Å². The van der Waals surface area contributed by atoms with Crippen LogP contribution in [0.15, 0.2) is 18.5 Å². The number of carbonyl (C=O) groups excluding carboxylic acids is 1. The second-order valence-electron chi connectivity index (χ2n) is 3.33. The zero-order chi connectivity index (χ0) is 10.9. The Morgan fingerprint density at radius 1 is 1.35 bits per heavy atom. The van der Waals surface area contributed by atoms with Crippen molar-refractivity contribution in [2.75, 3.05) is 20.1 Å². The van der Waals surface area contributed by atoms with Crippen LogP contribution in [-0.2, 0) is 11.3 Å². The van der Waals surface area contributed by atoms with Crippen LogP contribution >= 0.6 is 24.8 Å². The van der Waals surface area contributed by atoms with E-state index >= 15 is 0 Å². The van der Waals surface area contributed by atoms with Crippen LogP contribution in [0.1, 0.15) is 12.8 Å². The zero-order valence-corrected chi connectivity index (χ0v) is 11.5. The lowest BCUT2D eigenvalue weighted by molar-refractivity contribution is -0.121. The van der Waals surface area contributed by atoms with E-state index in [4.69, 9.17) is 0 Å². The van der Waals surface area contributed by atoms with Gasteiger partial charge >= 0.3 is 0 Å². The summed E-state index contributed by atoms with van der Waals surface area (Å²) in [5, 5.41) is 9.91. The topological polar surface area (TPSA) is 58.9 Å². The summed E-state index contributed by atoms with van der Waals surface area (Å²) in [7, 11) is 1.90. The number of nitrogens with zero attached hydrogens (tertiary/aromatic N) is 2. The summed E-state index contributed by atoms with van der Waals surface area (Å²) in [4.78, 5) is 11.3. The molecule has 5 nitrogen and oxygen atoms in total. The molecule has 0 aromatic carbocycles. The van der Waals surface area contributed by atoms with E-state index in [1.807, 2.05) is 19.3 Å². The van der Waals surface area contributed by atoms with E-state index in [1.165, 1.54) is 0 Å². The highest BCUT2D eigenvalue weighted by atomic mass is 35.5. The molecule has 0 aliphatic rings. The fraction of sp³-hybridized carbons (Fsp3) is 0.600. The third-order valence-corrected chi connectivity index (χ3v) is 2.05. The molecule has 2 N–H and O–H groups in total. The maximum atomic E-state index is 11.3. The molecule has 17 heavy (non-hydrogen) atoms. The van der Waals surface area contributed by atoms with Gasteiger partial charge in [-0.25, -0.2) is 0 Å². The molecule has 0 aliphatic heterocycles. The highest BCUT2D eigenvalue weighted by Crippen LogP contribution is 1.89. The van der Waals surface area contributed by atoms with Crippen molar-refractivity contribution >= 4 is 30.7 Å². The monoisotopic (exact) mass is 282 g/mol. The van der Waals surface area contributed by atoms with Crippen molar-refractivity contribution in [2.45, 2.75) is 19.4 Å². The Morgan fingerprint density at radius 3 is 2.71 bits per heavy atom. The largest absolute Gasteiger partial charge is 0.356 e. The average molecular weight is 283 g/mol. The summed E-state index contributed by atoms with van der Waals surface area (Å²) >= 11 is 0. The van der Waals surface area contributed by atoms with E-state index in [9.17, 15) is 4.79 Å². The van der Waals surface area contributed by atoms with E-state index in [-0.39, 0.29) is 30.7 Å². The number of amides is 1. The molecule has 0 saturated heterocycles. The standard InChI is InChI=1S/C10H18N4O.2ClH/c1-11-5-2-6-12-10(15)4-9-14-8-3-7-13-14;;/h3,7-8,11H,2,4-6,9H2,1H3,(H,12,15);2*1H. The number of hydrogen-bond donors (Lipinski definition) is 2. The average Bonchev–Trinajstić information content (AvgIpc) is 2.74. The van der Waals surface area contributed by atoms with Crippen LogP contribution in [0.4, 0.5) is 0 Å². The van der Waals surface area contributed by atoms with Crippen LogP contribution in [0.25, 0.3) is 0 Å². The van der Waals surface area contributed by atoms with Crippen molar-refractivity contribution in [1.29, 1.82) is 0 Å². The summed E-state index contributed by atoms with van der Waals surface area (Å²) in [6, 6.07) is 1.85. The number of aryl methyl sites for hydroxylation is 1. The Balaban J connectivity index is 0. The summed E-state index contributed by atoms with van der Waals surface area (Å²) in [5.41, 5.74) is 0. The van der Waals surface area contributed by atoms with E-state index in [2.05, 4.69) is 15.7 Å². The smallest absolute Gasteiger partial charge is 0.221 e. The Bertz CT molecular complexity index is 280. The molecule has 1 aromatic heterocycles. The van der Waals surface area contributed by atoms with Gasteiger partial charge in [0.15, 0.2) is 0 Å². The summed E-state index contributed by atoms with van der Waals surface area (Å²) in [6.45, 7) is 2.31. The number of nitrogens with one attached hydrogen (secondary N) is 2. The minimum atomic E-state index is 0. The normalized spacial score (nSPS) is 9.00. The molecule has 0 saturated carbocycles. The Hall–Kier alpha value is -0.780. The number of halogens is 2. The number of rotatable bonds is 7. The lowest BCUT2D eigenvalue weighted by Crippen LogP contribution is -2.27. The maximum Gasteiger partial charge on any atom is 0.221 e. The van der Waals surface area contributed by atoms with Crippen LogP contribution in [0.5, 0.6) is 0 Å². The summed E-state index contributed by atoms with van der Waals surface area (Å²) < 4.78 is 1.76. The molecule has 0 fully saturated rings. The molecule has 0 bridgehead atoms. The molecule has 1 heterocycles. The van der Waals surface area contributed by atoms with Crippen LogP contribution in [0.2, 0.25) is 0 Å². The van der Waals surface area contributed by atoms with E-state index in [1.54, 1.807) is 10.9 Å². The van der Waals surface area contributed by atoms with Gasteiger partial charge in [-0.2, -0.15) is 5.10 Å². The molecule has 0 unspecified atom stereocenters. The van der Waals surface area contributed by atoms with Gasteiger partial charge in [0.2, 0.25) is 5.91 Å². The third-order valence-electron chi connectivity index (χ3n) is 2.05. The molecule has 0 aliphatic carbocycles. The van der Waals surface area contributed by atoms with Gasteiger partial charge in [0.1, 0.15) is 0 Å². The third kappa shape index (κ3) is 8.97. The van der Waals surface area contributed by atoms with Gasteiger partial charge < -0.3 is 10.6 Å². The second-order valence-corrected chi connectivity index (χ2v) is 3.33. The number of hydrogen-bond acceptors (Lipinski definition) is 3. The predicted molar refractivity (Wildman–Crippen MR) is 72.9 cm³/mol. The van der Waals surface area contributed by atoms with Crippen molar-refractivity contribution in [3.05, 3.63) is 18.5 Å². The van der Waals surface area contributed by atoms with E-state index in [0.717, 1.165) is 19.5 Å². The van der Waals surface area contributed by atoms with Crippen LogP contribution in [0, 0.1) is 0 Å². The minimum absolute atomic E-state index is 0. The van der Waals surface area contributed by atoms with Crippen molar-refractivity contribution in [2.24, 2.45) is 0 Å². The Labute approximate surface area is 114 Å². The molecular weight excluding hydrogens is 263 g/mol. The number of carbonyl (C=O) groups is 1. The molecule has 0 spiro atoms. The first kappa shape index (κ1) is 18.6. The fourth-order valence-corrected chi connectivity index (χ4v) is 1.23. The first-order chi connectivity index (χ1) is 7.33. The Kier molecular flexibility index (Phi) is 12.8. The molecule has 0 radical (unpaired) electrons. The highest BCUT2D eigenvalue weighted by Gasteiger charge is 2.00. The van der Waals surface area contributed by atoms with E-state index in [0.29, 0.717) is 13.0 Å². The van der Waals surface area contributed by atoms with Crippen LogP contribution in [-0.4, -0.2) is 35.8 Å². The lowest BCUT2D eigenvalue weighted by atomic mass is 10.3. The number of aromatic nitrogens is 2. The lowest BCUT2D eigenvalue weighted by Gasteiger charge is -2.04. The van der Waals surface area contributed by atoms with Gasteiger partial charge in [-0.05, 0) is 26.1 Å². The highest BCUT2D eigenvalue weighted by molar-refractivity contribution is 5.85. The molecule has 1 rings (SSSR count). The molecule has 1 amide bonds. The predicted octanol–water partition coefficient (Wildman–Crippen LogP) is 0.843. The van der Waals surface area contributed by atoms with Gasteiger partial charge in [-0.1, -0.05) is 0 Å². The van der Waals surface area contributed by atoms with Crippen molar-refractivity contribution < 1.29 is 4.79 Å². The molecule has 1 aromatic rings. The van der Waals surface area contributed by atoms with Crippen molar-refractivity contribution in [3.8, 4) is 0 Å². The quantitative estimate of drug-likeness (QED) is 0.729. The molecular formula is C10H20Cl2N4O. The van der Waals surface area contributed by atoms with Crippen molar-refractivity contribution in [3.63, 3.8) is 0 Å². The van der Waals surface area contributed by atoms with Gasteiger partial charge in [-0.3, -0.25) is 9.48 Å². The first-order valence-electron chi connectivity index (χ1n) is 5.21. The Morgan fingerprint density at radius 2 is 2.12 bits per heavy atom. The van der Waals surface area contributed by atoms with Gasteiger partial charge in [0.25, 0.3) is 0 Å². The minimum Gasteiger partial charge on any atom is -0.356 e. The zero-order valence-electron chi connectivity index (χ0n) is 9.89. The fourth-order valence-electron chi connectivity index (χ4n) is 1.23. The van der Waals surface area contributed by atoms with Gasteiger partial charge in [0, 0.05) is 31.9 Å². The molecule has 7 heteroatoms. The molecule has 100 valence electrons. The SMILES string of the molecule is CNCCCNC(=O)CCn1cccn1.Cl.Cl. The summed E-state index contributed by atoms with van der Waals surface area (Å²) in [6.07, 6.45) is 5.02. The van der Waals surface area contributed by atoms with Crippen molar-refractivity contribution in [1.82, 2.24) is 20.4 Å². The second kappa shape index (κ2) is 11.7. The maximum absolute atomic E-state index is 11.3.